The van der Waals surface area contributed by atoms with Crippen LogP contribution in [0.4, 0.5) is 0 Å². The summed E-state index contributed by atoms with van der Waals surface area (Å²) in [5.74, 6) is -1.25. The monoisotopic (exact) mass is 348 g/mol. The lowest BCUT2D eigenvalue weighted by Gasteiger charge is -2.26. The molecule has 7 nitrogen and oxygen atoms in total. The van der Waals surface area contributed by atoms with Crippen LogP contribution in [0.5, 0.6) is 5.75 Å². The maximum absolute atomic E-state index is 12.2. The Kier molecular flexibility index (Phi) is 6.80. The van der Waals surface area contributed by atoms with Crippen molar-refractivity contribution in [3.8, 4) is 5.75 Å². The first-order chi connectivity index (χ1) is 12.0. The Morgan fingerprint density at radius 2 is 1.84 bits per heavy atom. The molecule has 7 heteroatoms. The normalized spacial score (nSPS) is 19.7. The Labute approximate surface area is 146 Å². The van der Waals surface area contributed by atoms with Gasteiger partial charge >= 0.3 is 5.97 Å². The Morgan fingerprint density at radius 3 is 2.48 bits per heavy atom. The van der Waals surface area contributed by atoms with Gasteiger partial charge in [-0.2, -0.15) is 0 Å². The third-order valence-corrected chi connectivity index (χ3v) is 4.28. The molecule has 1 aliphatic rings. The maximum atomic E-state index is 12.2. The molecule has 0 radical (unpaired) electrons. The molecule has 0 heterocycles. The summed E-state index contributed by atoms with van der Waals surface area (Å²) >= 11 is 0. The number of carbonyl (C=O) groups excluding carboxylic acids is 2. The lowest BCUT2D eigenvalue weighted by molar-refractivity contribution is -0.142. The minimum absolute atomic E-state index is 0.0317. The molecular weight excluding hydrogens is 324 g/mol. The summed E-state index contributed by atoms with van der Waals surface area (Å²) in [7, 11) is 0. The summed E-state index contributed by atoms with van der Waals surface area (Å²) in [6, 6.07) is 6.83. The molecule has 3 N–H and O–H groups in total. The number of hydrogen-bond donors (Lipinski definition) is 3. The van der Waals surface area contributed by atoms with E-state index in [4.69, 9.17) is 9.84 Å². The molecule has 0 saturated heterocycles. The second-order valence-electron chi connectivity index (χ2n) is 6.07. The fourth-order valence-electron chi connectivity index (χ4n) is 2.95. The fraction of sp³-hybridized carbons (Fsp3) is 0.500. The van der Waals surface area contributed by atoms with E-state index in [1.165, 1.54) is 0 Å². The topological polar surface area (TPSA) is 105 Å². The van der Waals surface area contributed by atoms with E-state index in [0.29, 0.717) is 43.6 Å². The highest BCUT2D eigenvalue weighted by atomic mass is 16.5. The average molecular weight is 348 g/mol. The number of rotatable bonds is 7. The summed E-state index contributed by atoms with van der Waals surface area (Å²) in [5.41, 5.74) is 0.388. The third-order valence-electron chi connectivity index (χ3n) is 4.28. The number of aliphatic carboxylic acids is 1. The van der Waals surface area contributed by atoms with Gasteiger partial charge in [0.05, 0.1) is 24.6 Å². The SMILES string of the molecule is CCOc1ccccc1C(=O)NCC(=O)NC1CCC(C(=O)O)CC1. The molecule has 136 valence electrons. The molecule has 0 atom stereocenters. The molecule has 0 bridgehead atoms. The molecule has 0 spiro atoms. The van der Waals surface area contributed by atoms with E-state index in [1.807, 2.05) is 6.92 Å². The molecular formula is C18H24N2O5. The fourth-order valence-corrected chi connectivity index (χ4v) is 2.95. The number of amides is 2. The standard InChI is InChI=1S/C18H24N2O5/c1-2-25-15-6-4-3-5-14(15)17(22)19-11-16(21)20-13-9-7-12(8-10-13)18(23)24/h3-6,12-13H,2,7-11H2,1H3,(H,19,22)(H,20,21)(H,23,24). The van der Waals surface area contributed by atoms with Gasteiger partial charge in [-0.3, -0.25) is 14.4 Å². The zero-order valence-electron chi connectivity index (χ0n) is 14.3. The summed E-state index contributed by atoms with van der Waals surface area (Å²) in [6.07, 6.45) is 2.41. The number of para-hydroxylation sites is 1. The van der Waals surface area contributed by atoms with Crippen molar-refractivity contribution in [1.29, 1.82) is 0 Å². The number of carboxylic acid groups (broad SMARTS) is 1. The van der Waals surface area contributed by atoms with E-state index in [9.17, 15) is 14.4 Å². The number of carbonyl (C=O) groups is 3. The summed E-state index contributed by atoms with van der Waals surface area (Å²) in [5, 5.41) is 14.4. The molecule has 0 aliphatic heterocycles. The first-order valence-electron chi connectivity index (χ1n) is 8.53. The van der Waals surface area contributed by atoms with Crippen LogP contribution in [0, 0.1) is 5.92 Å². The number of carboxylic acids is 1. The van der Waals surface area contributed by atoms with Crippen LogP contribution in [-0.2, 0) is 9.59 Å². The smallest absolute Gasteiger partial charge is 0.306 e. The van der Waals surface area contributed by atoms with Gasteiger partial charge in [-0.25, -0.2) is 0 Å². The molecule has 0 unspecified atom stereocenters. The van der Waals surface area contributed by atoms with Crippen LogP contribution in [0.3, 0.4) is 0 Å². The first-order valence-corrected chi connectivity index (χ1v) is 8.53. The molecule has 25 heavy (non-hydrogen) atoms. The average Bonchev–Trinajstić information content (AvgIpc) is 2.61. The van der Waals surface area contributed by atoms with E-state index >= 15 is 0 Å². The van der Waals surface area contributed by atoms with E-state index < -0.39 is 5.97 Å². The zero-order chi connectivity index (χ0) is 18.2. The highest BCUT2D eigenvalue weighted by Gasteiger charge is 2.26. The predicted octanol–water partition coefficient (Wildman–Crippen LogP) is 1.57. The largest absolute Gasteiger partial charge is 0.493 e. The van der Waals surface area contributed by atoms with Gasteiger partial charge in [0.2, 0.25) is 5.91 Å². The number of nitrogens with one attached hydrogen (secondary N) is 2. The maximum Gasteiger partial charge on any atom is 0.306 e. The van der Waals surface area contributed by atoms with Gasteiger partial charge in [-0.1, -0.05) is 12.1 Å². The minimum atomic E-state index is -0.773. The molecule has 0 aromatic heterocycles. The summed E-state index contributed by atoms with van der Waals surface area (Å²) in [4.78, 5) is 35.1. The Morgan fingerprint density at radius 1 is 1.16 bits per heavy atom. The quantitative estimate of drug-likeness (QED) is 0.694. The van der Waals surface area contributed by atoms with Crippen LogP contribution in [0.2, 0.25) is 0 Å². The lowest BCUT2D eigenvalue weighted by Crippen LogP contribution is -2.43. The van der Waals surface area contributed by atoms with Crippen molar-refractivity contribution in [3.63, 3.8) is 0 Å². The van der Waals surface area contributed by atoms with Crippen molar-refractivity contribution < 1.29 is 24.2 Å². The van der Waals surface area contributed by atoms with Crippen LogP contribution in [0.15, 0.2) is 24.3 Å². The van der Waals surface area contributed by atoms with Gasteiger partial charge < -0.3 is 20.5 Å². The predicted molar refractivity (Wildman–Crippen MR) is 91.5 cm³/mol. The van der Waals surface area contributed by atoms with Gasteiger partial charge in [0.25, 0.3) is 5.91 Å². The molecule has 1 aliphatic carbocycles. The van der Waals surface area contributed by atoms with E-state index in [-0.39, 0.29) is 30.3 Å². The van der Waals surface area contributed by atoms with Crippen LogP contribution in [0.25, 0.3) is 0 Å². The molecule has 1 saturated carbocycles. The van der Waals surface area contributed by atoms with Gasteiger partial charge in [0.15, 0.2) is 0 Å². The van der Waals surface area contributed by atoms with Crippen molar-refractivity contribution in [2.24, 2.45) is 5.92 Å². The van der Waals surface area contributed by atoms with Crippen molar-refractivity contribution in [3.05, 3.63) is 29.8 Å². The van der Waals surface area contributed by atoms with Gasteiger partial charge in [0.1, 0.15) is 5.75 Å². The van der Waals surface area contributed by atoms with Crippen molar-refractivity contribution in [2.45, 2.75) is 38.6 Å². The van der Waals surface area contributed by atoms with Gasteiger partial charge in [-0.15, -0.1) is 0 Å². The van der Waals surface area contributed by atoms with Gasteiger partial charge in [0, 0.05) is 6.04 Å². The highest BCUT2D eigenvalue weighted by Crippen LogP contribution is 2.24. The second kappa shape index (κ2) is 9.05. The molecule has 2 rings (SSSR count). The van der Waals surface area contributed by atoms with Crippen molar-refractivity contribution in [2.75, 3.05) is 13.2 Å². The number of benzene rings is 1. The minimum Gasteiger partial charge on any atom is -0.493 e. The van der Waals surface area contributed by atoms with Crippen LogP contribution in [-0.4, -0.2) is 42.1 Å². The highest BCUT2D eigenvalue weighted by molar-refractivity contribution is 5.98. The Bertz CT molecular complexity index is 624. The van der Waals surface area contributed by atoms with E-state index in [0.717, 1.165) is 0 Å². The van der Waals surface area contributed by atoms with Crippen molar-refractivity contribution >= 4 is 17.8 Å². The molecule has 1 fully saturated rings. The Hall–Kier alpha value is -2.57. The molecule has 1 aromatic carbocycles. The summed E-state index contributed by atoms with van der Waals surface area (Å²) < 4.78 is 5.41. The molecule has 1 aromatic rings. The van der Waals surface area contributed by atoms with Crippen LogP contribution < -0.4 is 15.4 Å². The van der Waals surface area contributed by atoms with Gasteiger partial charge in [-0.05, 0) is 44.7 Å². The lowest BCUT2D eigenvalue weighted by atomic mass is 9.86. The second-order valence-corrected chi connectivity index (χ2v) is 6.07. The number of ether oxygens (including phenoxy) is 1. The van der Waals surface area contributed by atoms with Crippen LogP contribution >= 0.6 is 0 Å². The number of hydrogen-bond acceptors (Lipinski definition) is 4. The van der Waals surface area contributed by atoms with E-state index in [2.05, 4.69) is 10.6 Å². The van der Waals surface area contributed by atoms with Crippen LogP contribution in [0.1, 0.15) is 43.0 Å². The molecule has 2 amide bonds. The van der Waals surface area contributed by atoms with E-state index in [1.54, 1.807) is 24.3 Å². The zero-order valence-corrected chi connectivity index (χ0v) is 14.3. The first kappa shape index (κ1) is 18.8. The third kappa shape index (κ3) is 5.48. The summed E-state index contributed by atoms with van der Waals surface area (Å²) in [6.45, 7) is 2.16. The Balaban J connectivity index is 1.78. The van der Waals surface area contributed by atoms with Crippen molar-refractivity contribution in [1.82, 2.24) is 10.6 Å².